The molecule has 146 valence electrons. The molecule has 0 saturated carbocycles. The van der Waals surface area contributed by atoms with Gasteiger partial charge in [-0.2, -0.15) is 13.2 Å². The van der Waals surface area contributed by atoms with Crippen molar-refractivity contribution in [3.63, 3.8) is 0 Å². The van der Waals surface area contributed by atoms with Crippen molar-refractivity contribution in [2.45, 2.75) is 31.5 Å². The van der Waals surface area contributed by atoms with Gasteiger partial charge in [-0.3, -0.25) is 4.90 Å². The van der Waals surface area contributed by atoms with Crippen molar-refractivity contribution in [1.82, 2.24) is 15.1 Å². The number of hydrogen-bond acceptors (Lipinski definition) is 4. The van der Waals surface area contributed by atoms with Crippen molar-refractivity contribution in [2.75, 3.05) is 18.8 Å². The third kappa shape index (κ3) is 4.30. The quantitative estimate of drug-likeness (QED) is 0.768. The van der Waals surface area contributed by atoms with E-state index in [-0.39, 0.29) is 16.4 Å². The Morgan fingerprint density at radius 2 is 1.78 bits per heavy atom. The van der Waals surface area contributed by atoms with Gasteiger partial charge < -0.3 is 5.73 Å². The Kier molecular flexibility index (Phi) is 5.53. The number of rotatable bonds is 3. The fraction of sp³-hybridized carbons (Fsp3) is 0.412. The van der Waals surface area contributed by atoms with Crippen molar-refractivity contribution >= 4 is 17.4 Å². The van der Waals surface area contributed by atoms with Gasteiger partial charge in [0.25, 0.3) is 0 Å². The van der Waals surface area contributed by atoms with E-state index in [1.165, 1.54) is 6.07 Å². The van der Waals surface area contributed by atoms with Crippen LogP contribution in [-0.4, -0.2) is 28.2 Å². The van der Waals surface area contributed by atoms with Gasteiger partial charge in [-0.15, -0.1) is 10.2 Å². The van der Waals surface area contributed by atoms with Crippen LogP contribution in [0.1, 0.15) is 35.6 Å². The Labute approximate surface area is 157 Å². The number of nitrogens with two attached hydrogens (primary N) is 1. The van der Waals surface area contributed by atoms with Gasteiger partial charge in [0.05, 0.1) is 5.02 Å². The third-order valence-corrected chi connectivity index (χ3v) is 5.03. The molecule has 2 aromatic rings. The van der Waals surface area contributed by atoms with E-state index in [1.54, 1.807) is 0 Å². The lowest BCUT2D eigenvalue weighted by atomic mass is 9.88. The van der Waals surface area contributed by atoms with Gasteiger partial charge in [0, 0.05) is 12.1 Å². The van der Waals surface area contributed by atoms with Crippen molar-refractivity contribution in [3.8, 4) is 0 Å². The highest BCUT2D eigenvalue weighted by Gasteiger charge is 2.40. The van der Waals surface area contributed by atoms with Gasteiger partial charge in [0.15, 0.2) is 23.1 Å². The summed E-state index contributed by atoms with van der Waals surface area (Å²) in [5.74, 6) is -2.55. The topological polar surface area (TPSA) is 55.0 Å². The molecule has 0 spiro atoms. The van der Waals surface area contributed by atoms with Crippen molar-refractivity contribution in [3.05, 3.63) is 51.7 Å². The minimum absolute atomic E-state index is 0.121. The predicted molar refractivity (Wildman–Crippen MR) is 90.1 cm³/mol. The van der Waals surface area contributed by atoms with Crippen LogP contribution in [0.3, 0.4) is 0 Å². The molecule has 0 bridgehead atoms. The van der Waals surface area contributed by atoms with Crippen LogP contribution in [0, 0.1) is 11.6 Å². The highest BCUT2D eigenvalue weighted by Crippen LogP contribution is 2.42. The van der Waals surface area contributed by atoms with Crippen LogP contribution < -0.4 is 5.73 Å². The van der Waals surface area contributed by atoms with Crippen LogP contribution in [0.15, 0.2) is 18.2 Å². The molecule has 0 radical (unpaired) electrons. The summed E-state index contributed by atoms with van der Waals surface area (Å²) in [6.07, 6.45) is -3.88. The zero-order valence-corrected chi connectivity index (χ0v) is 14.8. The molecule has 0 aliphatic carbocycles. The number of anilines is 1. The Bertz CT molecular complexity index is 835. The first kappa shape index (κ1) is 19.8. The first-order chi connectivity index (χ1) is 12.7. The van der Waals surface area contributed by atoms with Crippen LogP contribution >= 0.6 is 11.6 Å². The number of halogens is 6. The summed E-state index contributed by atoms with van der Waals surface area (Å²) in [6, 6.07) is 3.66. The number of aromatic nitrogens is 2. The van der Waals surface area contributed by atoms with E-state index in [2.05, 4.69) is 10.2 Å². The minimum atomic E-state index is -4.68. The second-order valence-corrected chi connectivity index (χ2v) is 6.84. The van der Waals surface area contributed by atoms with E-state index in [0.29, 0.717) is 38.0 Å². The van der Waals surface area contributed by atoms with Crippen molar-refractivity contribution < 1.29 is 22.0 Å². The van der Waals surface area contributed by atoms with E-state index in [4.69, 9.17) is 17.3 Å². The highest BCUT2D eigenvalue weighted by molar-refractivity contribution is 6.33. The molecule has 1 aliphatic heterocycles. The number of alkyl halides is 3. The van der Waals surface area contributed by atoms with Gasteiger partial charge in [0.1, 0.15) is 0 Å². The van der Waals surface area contributed by atoms with Gasteiger partial charge in [-0.25, -0.2) is 8.78 Å². The number of hydrogen-bond donors (Lipinski definition) is 1. The molecular weight excluding hydrogens is 391 g/mol. The van der Waals surface area contributed by atoms with Crippen LogP contribution in [-0.2, 0) is 12.7 Å². The second-order valence-electron chi connectivity index (χ2n) is 6.46. The summed E-state index contributed by atoms with van der Waals surface area (Å²) in [6.45, 7) is 1.32. The number of benzene rings is 1. The molecule has 27 heavy (non-hydrogen) atoms. The molecule has 1 aromatic heterocycles. The molecule has 1 aromatic carbocycles. The zero-order chi connectivity index (χ0) is 19.8. The minimum Gasteiger partial charge on any atom is -0.381 e. The summed E-state index contributed by atoms with van der Waals surface area (Å²) >= 11 is 6.02. The molecule has 2 heterocycles. The smallest absolute Gasteiger partial charge is 0.381 e. The molecule has 1 fully saturated rings. The van der Waals surface area contributed by atoms with E-state index < -0.39 is 29.4 Å². The molecular formula is C17H16ClF5N4. The SMILES string of the molecule is Nc1nnc(C(F)(F)F)c(C2CCN(Cc3ccc(F)c(F)c3)CC2)c1Cl. The van der Waals surface area contributed by atoms with Crippen LogP contribution in [0.25, 0.3) is 0 Å². The monoisotopic (exact) mass is 406 g/mol. The van der Waals surface area contributed by atoms with E-state index in [1.807, 2.05) is 4.90 Å². The van der Waals surface area contributed by atoms with Crippen LogP contribution in [0.2, 0.25) is 5.02 Å². The maximum Gasteiger partial charge on any atom is 0.435 e. The number of nitrogen functional groups attached to an aromatic ring is 1. The van der Waals surface area contributed by atoms with E-state index in [0.717, 1.165) is 12.1 Å². The Balaban J connectivity index is 1.74. The lowest BCUT2D eigenvalue weighted by Crippen LogP contribution is -2.33. The molecule has 10 heteroatoms. The highest BCUT2D eigenvalue weighted by atomic mass is 35.5. The van der Waals surface area contributed by atoms with Crippen molar-refractivity contribution in [2.24, 2.45) is 0 Å². The van der Waals surface area contributed by atoms with E-state index in [9.17, 15) is 22.0 Å². The molecule has 0 unspecified atom stereocenters. The van der Waals surface area contributed by atoms with E-state index >= 15 is 0 Å². The maximum absolute atomic E-state index is 13.3. The normalized spacial score (nSPS) is 16.7. The molecule has 1 saturated heterocycles. The van der Waals surface area contributed by atoms with Gasteiger partial charge >= 0.3 is 6.18 Å². The number of piperidine rings is 1. The maximum atomic E-state index is 13.3. The molecule has 3 rings (SSSR count). The first-order valence-electron chi connectivity index (χ1n) is 8.22. The predicted octanol–water partition coefficient (Wildman–Crippen LogP) is 4.39. The van der Waals surface area contributed by atoms with Gasteiger partial charge in [-0.05, 0) is 49.5 Å². The van der Waals surface area contributed by atoms with Gasteiger partial charge in [0.2, 0.25) is 0 Å². The summed E-state index contributed by atoms with van der Waals surface area (Å²) in [4.78, 5) is 1.96. The fourth-order valence-electron chi connectivity index (χ4n) is 3.30. The van der Waals surface area contributed by atoms with Gasteiger partial charge in [-0.1, -0.05) is 17.7 Å². The molecule has 0 amide bonds. The third-order valence-electron chi connectivity index (χ3n) is 4.63. The molecule has 2 N–H and O–H groups in total. The number of likely N-dealkylation sites (tertiary alicyclic amines) is 1. The fourth-order valence-corrected chi connectivity index (χ4v) is 3.58. The zero-order valence-electron chi connectivity index (χ0n) is 14.0. The largest absolute Gasteiger partial charge is 0.435 e. The Morgan fingerprint density at radius 3 is 2.37 bits per heavy atom. The first-order valence-corrected chi connectivity index (χ1v) is 8.59. The average molecular weight is 407 g/mol. The summed E-state index contributed by atoms with van der Waals surface area (Å²) < 4.78 is 66.1. The lowest BCUT2D eigenvalue weighted by molar-refractivity contribution is -0.142. The number of nitrogens with zero attached hydrogens (tertiary/aromatic N) is 3. The Hall–Kier alpha value is -2.00. The molecule has 0 atom stereocenters. The summed E-state index contributed by atoms with van der Waals surface area (Å²) in [5.41, 5.74) is 4.91. The molecule has 4 nitrogen and oxygen atoms in total. The summed E-state index contributed by atoms with van der Waals surface area (Å²) in [7, 11) is 0. The Morgan fingerprint density at radius 1 is 1.11 bits per heavy atom. The average Bonchev–Trinajstić information content (AvgIpc) is 2.60. The summed E-state index contributed by atoms with van der Waals surface area (Å²) in [5, 5.41) is 6.29. The molecule has 1 aliphatic rings. The van der Waals surface area contributed by atoms with Crippen molar-refractivity contribution in [1.29, 1.82) is 0 Å². The lowest BCUT2D eigenvalue weighted by Gasteiger charge is -2.33. The van der Waals surface area contributed by atoms with Crippen LogP contribution in [0.4, 0.5) is 27.8 Å². The van der Waals surface area contributed by atoms with Crippen LogP contribution in [0.5, 0.6) is 0 Å². The second kappa shape index (κ2) is 7.55. The standard InChI is InChI=1S/C17H16ClF5N4/c18-14-13(15(17(21,22)23)25-26-16(14)24)10-3-5-27(6-4-10)8-9-1-2-11(19)12(20)7-9/h1-2,7,10H,3-6,8H2,(H2,24,26).